The number of hydrogen-bond donors (Lipinski definition) is 2. The first-order valence-electron chi connectivity index (χ1n) is 6.00. The highest BCUT2D eigenvalue weighted by Gasteiger charge is 2.19. The average Bonchev–Trinajstić information content (AvgIpc) is 2.88. The second-order valence-electron chi connectivity index (χ2n) is 4.36. The maximum Gasteiger partial charge on any atom is 0.257 e. The summed E-state index contributed by atoms with van der Waals surface area (Å²) in [6, 6.07) is 5.23. The molecule has 1 aromatic carbocycles. The Morgan fingerprint density at radius 2 is 2.44 bits per heavy atom. The number of methoxy groups -OCH3 is 1. The Labute approximate surface area is 111 Å². The fourth-order valence-corrected chi connectivity index (χ4v) is 3.32. The lowest BCUT2D eigenvalue weighted by Crippen LogP contribution is -2.30. The molecule has 5 heteroatoms. The standard InChI is InChI=1S/C13H18N2O2S/c1-17-11-4-2-3-10(14)12(11)13(16)15-7-9-5-6-18-8-9/h2-4,9H,5-8,14H2,1H3,(H,15,16). The molecule has 3 N–H and O–H groups in total. The third kappa shape index (κ3) is 2.90. The van der Waals surface area contributed by atoms with Crippen molar-refractivity contribution in [3.05, 3.63) is 23.8 Å². The van der Waals surface area contributed by atoms with Gasteiger partial charge in [0.1, 0.15) is 11.3 Å². The van der Waals surface area contributed by atoms with Gasteiger partial charge < -0.3 is 15.8 Å². The Bertz CT molecular complexity index is 431. The second-order valence-corrected chi connectivity index (χ2v) is 5.51. The van der Waals surface area contributed by atoms with Gasteiger partial charge in [0.25, 0.3) is 5.91 Å². The van der Waals surface area contributed by atoms with E-state index in [4.69, 9.17) is 10.5 Å². The first-order chi connectivity index (χ1) is 8.72. The molecule has 1 heterocycles. The summed E-state index contributed by atoms with van der Waals surface area (Å²) in [5, 5.41) is 2.94. The van der Waals surface area contributed by atoms with Crippen LogP contribution in [0.3, 0.4) is 0 Å². The topological polar surface area (TPSA) is 64.3 Å². The lowest BCUT2D eigenvalue weighted by Gasteiger charge is -2.13. The predicted molar refractivity (Wildman–Crippen MR) is 75.2 cm³/mol. The predicted octanol–water partition coefficient (Wildman–Crippen LogP) is 1.76. The van der Waals surface area contributed by atoms with Crippen LogP contribution in [0.2, 0.25) is 0 Å². The van der Waals surface area contributed by atoms with Crippen LogP contribution in [0, 0.1) is 5.92 Å². The number of ether oxygens (including phenoxy) is 1. The molecule has 1 saturated heterocycles. The molecule has 1 atom stereocenters. The molecule has 0 aliphatic carbocycles. The number of nitrogen functional groups attached to an aromatic ring is 1. The smallest absolute Gasteiger partial charge is 0.257 e. The molecule has 0 spiro atoms. The Kier molecular flexibility index (Phi) is 4.36. The van der Waals surface area contributed by atoms with Crippen molar-refractivity contribution in [3.8, 4) is 5.75 Å². The molecular weight excluding hydrogens is 248 g/mol. The zero-order valence-corrected chi connectivity index (χ0v) is 11.3. The van der Waals surface area contributed by atoms with E-state index in [0.717, 1.165) is 5.75 Å². The molecule has 0 bridgehead atoms. The molecule has 0 saturated carbocycles. The molecule has 1 fully saturated rings. The second kappa shape index (κ2) is 6.00. The maximum atomic E-state index is 12.1. The molecule has 1 aliphatic rings. The summed E-state index contributed by atoms with van der Waals surface area (Å²) in [4.78, 5) is 12.1. The number of nitrogens with one attached hydrogen (secondary N) is 1. The molecule has 1 unspecified atom stereocenters. The van der Waals surface area contributed by atoms with Crippen molar-refractivity contribution in [2.75, 3.05) is 30.9 Å². The van der Waals surface area contributed by atoms with Crippen molar-refractivity contribution in [3.63, 3.8) is 0 Å². The van der Waals surface area contributed by atoms with Crippen LogP contribution >= 0.6 is 11.8 Å². The SMILES string of the molecule is COc1cccc(N)c1C(=O)NCC1CCSC1. The van der Waals surface area contributed by atoms with Crippen molar-refractivity contribution in [1.29, 1.82) is 0 Å². The summed E-state index contributed by atoms with van der Waals surface area (Å²) in [6.07, 6.45) is 1.17. The molecule has 1 aromatic rings. The van der Waals surface area contributed by atoms with Crippen LogP contribution in [0.15, 0.2) is 18.2 Å². The molecule has 18 heavy (non-hydrogen) atoms. The van der Waals surface area contributed by atoms with E-state index in [1.165, 1.54) is 12.2 Å². The van der Waals surface area contributed by atoms with Gasteiger partial charge in [0.15, 0.2) is 0 Å². The number of nitrogens with two attached hydrogens (primary N) is 1. The van der Waals surface area contributed by atoms with Crippen LogP contribution in [-0.2, 0) is 0 Å². The fourth-order valence-electron chi connectivity index (χ4n) is 2.03. The largest absolute Gasteiger partial charge is 0.496 e. The average molecular weight is 266 g/mol. The Hall–Kier alpha value is -1.36. The van der Waals surface area contributed by atoms with Crippen LogP contribution in [0.4, 0.5) is 5.69 Å². The third-order valence-corrected chi connectivity index (χ3v) is 4.31. The molecule has 0 radical (unpaired) electrons. The maximum absolute atomic E-state index is 12.1. The fraction of sp³-hybridized carbons (Fsp3) is 0.462. The molecule has 0 aromatic heterocycles. The molecular formula is C13H18N2O2S. The minimum Gasteiger partial charge on any atom is -0.496 e. The third-order valence-electron chi connectivity index (χ3n) is 3.08. The zero-order chi connectivity index (χ0) is 13.0. The highest BCUT2D eigenvalue weighted by atomic mass is 32.2. The van der Waals surface area contributed by atoms with Crippen molar-refractivity contribution >= 4 is 23.4 Å². The van der Waals surface area contributed by atoms with E-state index in [2.05, 4.69) is 5.32 Å². The summed E-state index contributed by atoms with van der Waals surface area (Å²) >= 11 is 1.94. The molecule has 98 valence electrons. The van der Waals surface area contributed by atoms with Gasteiger partial charge in [-0.15, -0.1) is 0 Å². The van der Waals surface area contributed by atoms with Crippen molar-refractivity contribution in [1.82, 2.24) is 5.32 Å². The van der Waals surface area contributed by atoms with Gasteiger partial charge in [-0.25, -0.2) is 0 Å². The monoisotopic (exact) mass is 266 g/mol. The summed E-state index contributed by atoms with van der Waals surface area (Å²) in [5.74, 6) is 3.27. The summed E-state index contributed by atoms with van der Waals surface area (Å²) < 4.78 is 5.17. The Morgan fingerprint density at radius 1 is 1.61 bits per heavy atom. The molecule has 4 nitrogen and oxygen atoms in total. The number of hydrogen-bond acceptors (Lipinski definition) is 4. The van der Waals surface area contributed by atoms with Crippen LogP contribution in [0.5, 0.6) is 5.75 Å². The van der Waals surface area contributed by atoms with E-state index in [0.29, 0.717) is 29.5 Å². The van der Waals surface area contributed by atoms with Crippen molar-refractivity contribution in [2.24, 2.45) is 5.92 Å². The number of benzene rings is 1. The van der Waals surface area contributed by atoms with E-state index in [9.17, 15) is 4.79 Å². The van der Waals surface area contributed by atoms with E-state index in [1.54, 1.807) is 25.3 Å². The van der Waals surface area contributed by atoms with E-state index in [1.807, 2.05) is 11.8 Å². The number of amides is 1. The minimum atomic E-state index is -0.151. The van der Waals surface area contributed by atoms with Gasteiger partial charge in [0.2, 0.25) is 0 Å². The van der Waals surface area contributed by atoms with E-state index >= 15 is 0 Å². The lowest BCUT2D eigenvalue weighted by molar-refractivity contribution is 0.0946. The van der Waals surface area contributed by atoms with Gasteiger partial charge in [-0.3, -0.25) is 4.79 Å². The number of carbonyl (C=O) groups excluding carboxylic acids is 1. The first kappa shape index (κ1) is 13.1. The zero-order valence-electron chi connectivity index (χ0n) is 10.4. The summed E-state index contributed by atoms with van der Waals surface area (Å²) in [5.41, 5.74) is 6.72. The normalized spacial score (nSPS) is 18.6. The minimum absolute atomic E-state index is 0.151. The van der Waals surface area contributed by atoms with Gasteiger partial charge in [-0.2, -0.15) is 11.8 Å². The highest BCUT2D eigenvalue weighted by Crippen LogP contribution is 2.25. The highest BCUT2D eigenvalue weighted by molar-refractivity contribution is 7.99. The molecule has 1 aliphatic heterocycles. The van der Waals surface area contributed by atoms with Gasteiger partial charge in [0, 0.05) is 12.2 Å². The van der Waals surface area contributed by atoms with E-state index < -0.39 is 0 Å². The quantitative estimate of drug-likeness (QED) is 0.815. The number of rotatable bonds is 4. The van der Waals surface area contributed by atoms with Crippen LogP contribution in [0.25, 0.3) is 0 Å². The molecule has 2 rings (SSSR count). The molecule has 1 amide bonds. The lowest BCUT2D eigenvalue weighted by atomic mass is 10.1. The van der Waals surface area contributed by atoms with Crippen molar-refractivity contribution in [2.45, 2.75) is 6.42 Å². The van der Waals surface area contributed by atoms with Crippen LogP contribution < -0.4 is 15.8 Å². The van der Waals surface area contributed by atoms with Gasteiger partial charge in [0.05, 0.1) is 7.11 Å². The number of carbonyl (C=O) groups is 1. The van der Waals surface area contributed by atoms with Gasteiger partial charge in [-0.05, 0) is 36.0 Å². The van der Waals surface area contributed by atoms with Crippen molar-refractivity contribution < 1.29 is 9.53 Å². The summed E-state index contributed by atoms with van der Waals surface area (Å²) in [6.45, 7) is 0.712. The van der Waals surface area contributed by atoms with Crippen LogP contribution in [-0.4, -0.2) is 31.1 Å². The van der Waals surface area contributed by atoms with Gasteiger partial charge in [-0.1, -0.05) is 6.07 Å². The summed E-state index contributed by atoms with van der Waals surface area (Å²) in [7, 11) is 1.54. The first-order valence-corrected chi connectivity index (χ1v) is 7.16. The Morgan fingerprint density at radius 3 is 3.11 bits per heavy atom. The van der Waals surface area contributed by atoms with E-state index in [-0.39, 0.29) is 5.91 Å². The Balaban J connectivity index is 2.03. The number of anilines is 1. The number of thioether (sulfide) groups is 1. The van der Waals surface area contributed by atoms with Crippen LogP contribution in [0.1, 0.15) is 16.8 Å². The van der Waals surface area contributed by atoms with Gasteiger partial charge >= 0.3 is 0 Å².